The SMILES string of the molecule is O[C@H](COc1ccc(OC[C@@H](O)CN2CCN(c3cccc(Cl)c3)CC2)cc1)CN1CCN(c2cccc(Cl)c2)CC1. The van der Waals surface area contributed by atoms with Crippen LogP contribution in [0, 0.1) is 0 Å². The number of hydrogen-bond donors (Lipinski definition) is 2. The second-order valence-corrected chi connectivity index (χ2v) is 11.8. The number of hydrogen-bond acceptors (Lipinski definition) is 8. The molecule has 0 radical (unpaired) electrons. The van der Waals surface area contributed by atoms with Crippen molar-refractivity contribution < 1.29 is 19.7 Å². The summed E-state index contributed by atoms with van der Waals surface area (Å²) in [6.45, 7) is 8.65. The van der Waals surface area contributed by atoms with Crippen molar-refractivity contribution >= 4 is 34.6 Å². The first-order valence-electron chi connectivity index (χ1n) is 14.6. The molecule has 0 aromatic heterocycles. The van der Waals surface area contributed by atoms with Crippen molar-refractivity contribution in [3.8, 4) is 11.5 Å². The minimum Gasteiger partial charge on any atom is -0.491 e. The molecule has 2 fully saturated rings. The van der Waals surface area contributed by atoms with Crippen LogP contribution in [0.3, 0.4) is 0 Å². The second kappa shape index (κ2) is 15.1. The van der Waals surface area contributed by atoms with Gasteiger partial charge in [-0.2, -0.15) is 0 Å². The molecule has 0 bridgehead atoms. The topological polar surface area (TPSA) is 71.9 Å². The molecule has 3 aromatic rings. The third-order valence-electron chi connectivity index (χ3n) is 7.74. The normalized spacial score (nSPS) is 18.1. The van der Waals surface area contributed by atoms with Crippen LogP contribution in [0.2, 0.25) is 10.0 Å². The van der Waals surface area contributed by atoms with Crippen LogP contribution in [0.5, 0.6) is 11.5 Å². The smallest absolute Gasteiger partial charge is 0.119 e. The van der Waals surface area contributed by atoms with E-state index in [-0.39, 0.29) is 13.2 Å². The van der Waals surface area contributed by atoms with Gasteiger partial charge < -0.3 is 29.5 Å². The average Bonchev–Trinajstić information content (AvgIpc) is 3.00. The zero-order valence-corrected chi connectivity index (χ0v) is 25.3. The standard InChI is InChI=1S/C32H40Cl2N4O4/c33-25-3-1-5-27(19-25)37-15-11-35(12-16-37)21-29(39)23-41-31-7-9-32(10-8-31)42-24-30(40)22-36-13-17-38(18-14-36)28-6-2-4-26(34)20-28/h1-10,19-20,29-30,39-40H,11-18,21-24H2/t29-,30-/m0/s1. The fourth-order valence-electron chi connectivity index (χ4n) is 5.44. The number of aliphatic hydroxyl groups is 2. The van der Waals surface area contributed by atoms with Crippen molar-refractivity contribution in [2.45, 2.75) is 12.2 Å². The summed E-state index contributed by atoms with van der Waals surface area (Å²) in [7, 11) is 0. The van der Waals surface area contributed by atoms with Gasteiger partial charge in [-0.3, -0.25) is 9.80 Å². The van der Waals surface area contributed by atoms with Gasteiger partial charge in [-0.15, -0.1) is 0 Å². The van der Waals surface area contributed by atoms with E-state index in [0.717, 1.165) is 73.8 Å². The van der Waals surface area contributed by atoms with Crippen LogP contribution in [0.1, 0.15) is 0 Å². The summed E-state index contributed by atoms with van der Waals surface area (Å²) in [6, 6.07) is 23.2. The predicted octanol–water partition coefficient (Wildman–Crippen LogP) is 4.12. The zero-order valence-electron chi connectivity index (χ0n) is 23.8. The number of benzene rings is 3. The van der Waals surface area contributed by atoms with Gasteiger partial charge in [-0.05, 0) is 60.7 Å². The highest BCUT2D eigenvalue weighted by molar-refractivity contribution is 6.31. The molecule has 8 nitrogen and oxygen atoms in total. The lowest BCUT2D eigenvalue weighted by Gasteiger charge is -2.37. The fourth-order valence-corrected chi connectivity index (χ4v) is 5.81. The van der Waals surface area contributed by atoms with E-state index in [4.69, 9.17) is 32.7 Å². The van der Waals surface area contributed by atoms with Gasteiger partial charge in [0, 0.05) is 86.9 Å². The summed E-state index contributed by atoms with van der Waals surface area (Å²) in [5.74, 6) is 1.34. The van der Waals surface area contributed by atoms with Gasteiger partial charge in [-0.25, -0.2) is 0 Å². The molecule has 2 saturated heterocycles. The highest BCUT2D eigenvalue weighted by Gasteiger charge is 2.21. The van der Waals surface area contributed by atoms with E-state index in [1.165, 1.54) is 0 Å². The molecule has 10 heteroatoms. The lowest BCUT2D eigenvalue weighted by molar-refractivity contribution is 0.0650. The monoisotopic (exact) mass is 614 g/mol. The third kappa shape index (κ3) is 9.14. The highest BCUT2D eigenvalue weighted by atomic mass is 35.5. The van der Waals surface area contributed by atoms with Crippen molar-refractivity contribution in [1.29, 1.82) is 0 Å². The molecule has 2 heterocycles. The molecule has 2 atom stereocenters. The average molecular weight is 616 g/mol. The molecule has 0 amide bonds. The van der Waals surface area contributed by atoms with Gasteiger partial charge in [-0.1, -0.05) is 35.3 Å². The van der Waals surface area contributed by atoms with Crippen LogP contribution in [-0.4, -0.2) is 111 Å². The zero-order chi connectivity index (χ0) is 29.3. The Hall–Kier alpha value is -2.72. The molecule has 0 spiro atoms. The molecule has 2 N–H and O–H groups in total. The lowest BCUT2D eigenvalue weighted by Crippen LogP contribution is -2.49. The van der Waals surface area contributed by atoms with Crippen molar-refractivity contribution in [1.82, 2.24) is 9.80 Å². The Labute approximate surface area is 258 Å². The molecule has 226 valence electrons. The maximum atomic E-state index is 10.5. The van der Waals surface area contributed by atoms with E-state index in [1.54, 1.807) is 0 Å². The Morgan fingerprint density at radius 3 is 1.31 bits per heavy atom. The summed E-state index contributed by atoms with van der Waals surface area (Å²) in [6.07, 6.45) is -1.16. The molecule has 2 aliphatic heterocycles. The van der Waals surface area contributed by atoms with E-state index in [2.05, 4.69) is 31.7 Å². The predicted molar refractivity (Wildman–Crippen MR) is 170 cm³/mol. The van der Waals surface area contributed by atoms with Crippen molar-refractivity contribution in [2.75, 3.05) is 88.5 Å². The van der Waals surface area contributed by atoms with Gasteiger partial charge in [0.25, 0.3) is 0 Å². The van der Waals surface area contributed by atoms with E-state index in [1.807, 2.05) is 60.7 Å². The summed E-state index contributed by atoms with van der Waals surface area (Å²) in [4.78, 5) is 9.16. The lowest BCUT2D eigenvalue weighted by atomic mass is 10.2. The molecule has 3 aromatic carbocycles. The van der Waals surface area contributed by atoms with E-state index in [0.29, 0.717) is 24.6 Å². The van der Waals surface area contributed by atoms with Crippen LogP contribution in [0.15, 0.2) is 72.8 Å². The van der Waals surface area contributed by atoms with Crippen LogP contribution < -0.4 is 19.3 Å². The number of rotatable bonds is 12. The quantitative estimate of drug-likeness (QED) is 0.316. The van der Waals surface area contributed by atoms with E-state index in [9.17, 15) is 10.2 Å². The third-order valence-corrected chi connectivity index (χ3v) is 8.21. The largest absolute Gasteiger partial charge is 0.491 e. The number of piperazine rings is 2. The summed E-state index contributed by atoms with van der Waals surface area (Å²) >= 11 is 12.3. The van der Waals surface area contributed by atoms with Gasteiger partial charge >= 0.3 is 0 Å². The Morgan fingerprint density at radius 2 is 0.952 bits per heavy atom. The summed E-state index contributed by atoms with van der Waals surface area (Å²) in [5, 5.41) is 22.6. The van der Waals surface area contributed by atoms with Gasteiger partial charge in [0.05, 0.1) is 0 Å². The number of halogens is 2. The van der Waals surface area contributed by atoms with Crippen LogP contribution in [-0.2, 0) is 0 Å². The number of aliphatic hydroxyl groups excluding tert-OH is 2. The van der Waals surface area contributed by atoms with Crippen molar-refractivity contribution in [3.05, 3.63) is 82.8 Å². The molecule has 5 rings (SSSR count). The minimum atomic E-state index is -0.582. The van der Waals surface area contributed by atoms with Crippen LogP contribution in [0.25, 0.3) is 0 Å². The molecule has 2 aliphatic rings. The highest BCUT2D eigenvalue weighted by Crippen LogP contribution is 2.23. The molecule has 42 heavy (non-hydrogen) atoms. The number of nitrogens with zero attached hydrogens (tertiary/aromatic N) is 4. The number of ether oxygens (including phenoxy) is 2. The maximum Gasteiger partial charge on any atom is 0.119 e. The van der Waals surface area contributed by atoms with Gasteiger partial charge in [0.15, 0.2) is 0 Å². The second-order valence-electron chi connectivity index (χ2n) is 10.9. The van der Waals surface area contributed by atoms with E-state index < -0.39 is 12.2 Å². The first-order valence-corrected chi connectivity index (χ1v) is 15.3. The van der Waals surface area contributed by atoms with Crippen LogP contribution >= 0.6 is 23.2 Å². The molecular weight excluding hydrogens is 575 g/mol. The van der Waals surface area contributed by atoms with Crippen molar-refractivity contribution in [3.63, 3.8) is 0 Å². The Balaban J connectivity index is 0.956. The fraction of sp³-hybridized carbons (Fsp3) is 0.438. The first kappa shape index (κ1) is 30.7. The molecular formula is C32H40Cl2N4O4. The molecule has 0 saturated carbocycles. The summed E-state index contributed by atoms with van der Waals surface area (Å²) in [5.41, 5.74) is 2.27. The van der Waals surface area contributed by atoms with Gasteiger partial charge in [0.2, 0.25) is 0 Å². The number of anilines is 2. The Kier molecular flexibility index (Phi) is 11.1. The van der Waals surface area contributed by atoms with Gasteiger partial charge in [0.1, 0.15) is 36.9 Å². The van der Waals surface area contributed by atoms with Crippen LogP contribution in [0.4, 0.5) is 11.4 Å². The maximum absolute atomic E-state index is 10.5. The first-order chi connectivity index (χ1) is 20.4. The minimum absolute atomic E-state index is 0.220. The Morgan fingerprint density at radius 1 is 0.571 bits per heavy atom. The number of β-amino-alcohol motifs (C(OH)–C–C–N with tert-alkyl or cyclic N) is 2. The Bertz CT molecular complexity index is 1150. The van der Waals surface area contributed by atoms with E-state index >= 15 is 0 Å². The molecule has 0 unspecified atom stereocenters. The molecule has 0 aliphatic carbocycles. The summed E-state index contributed by atoms with van der Waals surface area (Å²) < 4.78 is 11.6. The van der Waals surface area contributed by atoms with Crippen molar-refractivity contribution in [2.24, 2.45) is 0 Å².